The second-order valence-corrected chi connectivity index (χ2v) is 10.5. The van der Waals surface area contributed by atoms with Crippen LogP contribution in [0.3, 0.4) is 0 Å². The maximum atomic E-state index is 13.3. The van der Waals surface area contributed by atoms with Crippen LogP contribution in [0, 0.1) is 0 Å². The van der Waals surface area contributed by atoms with E-state index in [9.17, 15) is 9.59 Å². The van der Waals surface area contributed by atoms with E-state index in [1.807, 2.05) is 32.9 Å². The third-order valence-corrected chi connectivity index (χ3v) is 6.05. The van der Waals surface area contributed by atoms with Crippen LogP contribution in [0.5, 0.6) is 11.5 Å². The maximum Gasteiger partial charge on any atom is 0.347 e. The van der Waals surface area contributed by atoms with E-state index in [1.165, 1.54) is 11.8 Å². The van der Waals surface area contributed by atoms with Gasteiger partial charge in [0.05, 0.1) is 35.3 Å². The number of hydrogen-bond donors (Lipinski definition) is 0. The summed E-state index contributed by atoms with van der Waals surface area (Å²) >= 11 is 6.89. The first-order valence-electron chi connectivity index (χ1n) is 10.9. The van der Waals surface area contributed by atoms with Gasteiger partial charge in [0.15, 0.2) is 17.6 Å². The molecule has 10 heteroatoms. The molecule has 0 aliphatic rings. The van der Waals surface area contributed by atoms with Crippen molar-refractivity contribution in [2.75, 3.05) is 13.7 Å². The van der Waals surface area contributed by atoms with Crippen LogP contribution in [-0.4, -0.2) is 41.7 Å². The lowest BCUT2D eigenvalue weighted by molar-refractivity contribution is -0.150. The second kappa shape index (κ2) is 10.9. The molecule has 3 aromatic rings. The predicted octanol–water partition coefficient (Wildman–Crippen LogP) is 5.44. The minimum absolute atomic E-state index is 0.261. The Morgan fingerprint density at radius 1 is 1.23 bits per heavy atom. The van der Waals surface area contributed by atoms with Gasteiger partial charge < -0.3 is 14.2 Å². The van der Waals surface area contributed by atoms with Crippen LogP contribution in [0.25, 0.3) is 10.9 Å². The third kappa shape index (κ3) is 6.10. The molecule has 8 nitrogen and oxygen atoms in total. The average molecular weight is 609 g/mol. The Kier molecular flexibility index (Phi) is 8.38. The number of benzene rings is 2. The zero-order valence-electron chi connectivity index (χ0n) is 20.4. The van der Waals surface area contributed by atoms with E-state index < -0.39 is 17.5 Å². The van der Waals surface area contributed by atoms with Crippen molar-refractivity contribution >= 4 is 54.9 Å². The molecular weight excluding hydrogens is 582 g/mol. The van der Waals surface area contributed by atoms with E-state index in [-0.39, 0.29) is 12.2 Å². The van der Waals surface area contributed by atoms with Crippen molar-refractivity contribution in [1.82, 2.24) is 9.66 Å². The molecule has 0 saturated carbocycles. The summed E-state index contributed by atoms with van der Waals surface area (Å²) in [7, 11) is 1.50. The number of halogens is 2. The van der Waals surface area contributed by atoms with Gasteiger partial charge in [0, 0.05) is 9.89 Å². The predicted molar refractivity (Wildman–Crippen MR) is 143 cm³/mol. The molecule has 186 valence electrons. The van der Waals surface area contributed by atoms with Crippen LogP contribution < -0.4 is 15.0 Å². The van der Waals surface area contributed by atoms with Gasteiger partial charge in [0.1, 0.15) is 5.82 Å². The Labute approximate surface area is 220 Å². The summed E-state index contributed by atoms with van der Waals surface area (Å²) in [6.45, 7) is 9.52. The lowest BCUT2D eigenvalue weighted by atomic mass is 9.95. The standard InChI is InChI=1S/C25H27Br2N3O5/c1-7-34-23(32)14(2)35-21-18(27)10-15(11-20(21)33-6)13-28-30-22(31)17-12-16(26)8-9-19(17)29-24(30)25(3,4)5/h8-14H,7H2,1-6H3/t14-/m1/s1. The Bertz CT molecular complexity index is 1350. The molecule has 0 spiro atoms. The van der Waals surface area contributed by atoms with Gasteiger partial charge in [0.25, 0.3) is 5.56 Å². The molecule has 35 heavy (non-hydrogen) atoms. The molecule has 0 radical (unpaired) electrons. The smallest absolute Gasteiger partial charge is 0.347 e. The molecule has 0 saturated heterocycles. The molecule has 0 bridgehead atoms. The highest BCUT2D eigenvalue weighted by molar-refractivity contribution is 9.10. The number of esters is 1. The number of carbonyl (C=O) groups is 1. The molecular formula is C25H27Br2N3O5. The lowest BCUT2D eigenvalue weighted by Crippen LogP contribution is -2.29. The van der Waals surface area contributed by atoms with Gasteiger partial charge in [-0.2, -0.15) is 9.78 Å². The van der Waals surface area contributed by atoms with E-state index in [4.69, 9.17) is 19.2 Å². The quantitative estimate of drug-likeness (QED) is 0.262. The molecule has 0 aliphatic heterocycles. The molecule has 1 atom stereocenters. The Balaban J connectivity index is 2.06. The van der Waals surface area contributed by atoms with E-state index in [1.54, 1.807) is 38.3 Å². The molecule has 0 amide bonds. The first kappa shape index (κ1) is 26.9. The van der Waals surface area contributed by atoms with Gasteiger partial charge in [-0.3, -0.25) is 4.79 Å². The average Bonchev–Trinajstić information content (AvgIpc) is 2.79. The van der Waals surface area contributed by atoms with Crippen molar-refractivity contribution in [3.8, 4) is 11.5 Å². The van der Waals surface area contributed by atoms with Gasteiger partial charge in [-0.15, -0.1) is 0 Å². The SMILES string of the molecule is CCOC(=O)[C@@H](C)Oc1c(Br)cc(C=Nn2c(C(C)(C)C)nc3ccc(Br)cc3c2=O)cc1OC. The van der Waals surface area contributed by atoms with Gasteiger partial charge >= 0.3 is 5.97 Å². The summed E-state index contributed by atoms with van der Waals surface area (Å²) in [6, 6.07) is 8.85. The Hall–Kier alpha value is -2.72. The lowest BCUT2D eigenvalue weighted by Gasteiger charge is -2.21. The number of aromatic nitrogens is 2. The van der Waals surface area contributed by atoms with Crippen molar-refractivity contribution in [3.05, 3.63) is 61.0 Å². The number of fused-ring (bicyclic) bond motifs is 1. The molecule has 2 aromatic carbocycles. The number of methoxy groups -OCH3 is 1. The van der Waals surface area contributed by atoms with Crippen LogP contribution in [-0.2, 0) is 14.9 Å². The van der Waals surface area contributed by atoms with Crippen molar-refractivity contribution in [2.45, 2.75) is 46.1 Å². The fourth-order valence-electron chi connectivity index (χ4n) is 3.28. The first-order chi connectivity index (χ1) is 16.5. The van der Waals surface area contributed by atoms with Crippen LogP contribution >= 0.6 is 31.9 Å². The number of carbonyl (C=O) groups excluding carboxylic acids is 1. The zero-order chi connectivity index (χ0) is 25.9. The molecule has 1 aromatic heterocycles. The van der Waals surface area contributed by atoms with Crippen LogP contribution in [0.15, 0.2) is 49.2 Å². The van der Waals surface area contributed by atoms with E-state index in [2.05, 4.69) is 37.0 Å². The van der Waals surface area contributed by atoms with Crippen LogP contribution in [0.4, 0.5) is 0 Å². The minimum atomic E-state index is -0.824. The van der Waals surface area contributed by atoms with Crippen molar-refractivity contribution < 1.29 is 19.0 Å². The fraction of sp³-hybridized carbons (Fsp3) is 0.360. The summed E-state index contributed by atoms with van der Waals surface area (Å²) in [5.41, 5.74) is 0.547. The molecule has 1 heterocycles. The van der Waals surface area contributed by atoms with Gasteiger partial charge in [0.2, 0.25) is 0 Å². The van der Waals surface area contributed by atoms with Gasteiger partial charge in [-0.05, 0) is 65.7 Å². The number of hydrogen-bond acceptors (Lipinski definition) is 7. The van der Waals surface area contributed by atoms with Gasteiger partial charge in [-0.1, -0.05) is 36.7 Å². The monoisotopic (exact) mass is 607 g/mol. The fourth-order valence-corrected chi connectivity index (χ4v) is 4.19. The van der Waals surface area contributed by atoms with E-state index in [0.29, 0.717) is 38.3 Å². The normalized spacial score (nSPS) is 12.7. The Morgan fingerprint density at radius 3 is 2.57 bits per heavy atom. The van der Waals surface area contributed by atoms with Crippen LogP contribution in [0.1, 0.15) is 46.0 Å². The minimum Gasteiger partial charge on any atom is -0.493 e. The van der Waals surface area contributed by atoms with Crippen molar-refractivity contribution in [3.63, 3.8) is 0 Å². The topological polar surface area (TPSA) is 92.0 Å². The first-order valence-corrected chi connectivity index (χ1v) is 12.5. The van der Waals surface area contributed by atoms with E-state index in [0.717, 1.165) is 4.47 Å². The second-order valence-electron chi connectivity index (χ2n) is 8.75. The number of ether oxygens (including phenoxy) is 3. The zero-order valence-corrected chi connectivity index (χ0v) is 23.6. The Morgan fingerprint density at radius 2 is 1.94 bits per heavy atom. The van der Waals surface area contributed by atoms with Crippen molar-refractivity contribution in [1.29, 1.82) is 0 Å². The highest BCUT2D eigenvalue weighted by Crippen LogP contribution is 2.37. The summed E-state index contributed by atoms with van der Waals surface area (Å²) in [5.74, 6) is 0.801. The third-order valence-electron chi connectivity index (χ3n) is 4.97. The molecule has 3 rings (SSSR count). The highest BCUT2D eigenvalue weighted by Gasteiger charge is 2.23. The van der Waals surface area contributed by atoms with Crippen molar-refractivity contribution in [2.24, 2.45) is 5.10 Å². The van der Waals surface area contributed by atoms with E-state index >= 15 is 0 Å². The molecule has 0 fully saturated rings. The summed E-state index contributed by atoms with van der Waals surface area (Å²) in [6.07, 6.45) is 0.726. The molecule has 0 unspecified atom stereocenters. The summed E-state index contributed by atoms with van der Waals surface area (Å²) < 4.78 is 18.9. The van der Waals surface area contributed by atoms with Crippen LogP contribution in [0.2, 0.25) is 0 Å². The molecule has 0 aliphatic carbocycles. The molecule has 0 N–H and O–H groups in total. The largest absolute Gasteiger partial charge is 0.493 e. The maximum absolute atomic E-state index is 13.3. The highest BCUT2D eigenvalue weighted by atomic mass is 79.9. The number of nitrogens with zero attached hydrogens (tertiary/aromatic N) is 3. The van der Waals surface area contributed by atoms with Gasteiger partial charge in [-0.25, -0.2) is 9.78 Å². The summed E-state index contributed by atoms with van der Waals surface area (Å²) in [4.78, 5) is 30.0. The summed E-state index contributed by atoms with van der Waals surface area (Å²) in [5, 5.41) is 4.95. The number of rotatable bonds is 7.